The number of benzene rings is 1. The van der Waals surface area contributed by atoms with Crippen LogP contribution in [-0.4, -0.2) is 25.2 Å². The molecule has 0 fully saturated rings. The molecule has 25 heavy (non-hydrogen) atoms. The number of hydrogen-bond acceptors (Lipinski definition) is 3. The molecule has 0 bridgehead atoms. The van der Waals surface area contributed by atoms with Crippen LogP contribution in [0.15, 0.2) is 36.7 Å². The van der Waals surface area contributed by atoms with Gasteiger partial charge in [0.15, 0.2) is 0 Å². The smallest absolute Gasteiger partial charge is 0.226 e. The number of nitrogens with zero attached hydrogens (tertiary/aromatic N) is 4. The summed E-state index contributed by atoms with van der Waals surface area (Å²) in [7, 11) is 0. The molecule has 130 valence electrons. The first-order valence-electron chi connectivity index (χ1n) is 8.36. The van der Waals surface area contributed by atoms with Crippen LogP contribution in [-0.2, 0) is 11.3 Å². The van der Waals surface area contributed by atoms with Gasteiger partial charge in [-0.15, -0.1) is 0 Å². The van der Waals surface area contributed by atoms with Gasteiger partial charge in [-0.3, -0.25) is 9.48 Å². The largest absolute Gasteiger partial charge is 0.326 e. The minimum absolute atomic E-state index is 0.0186. The molecule has 1 N–H and O–H groups in total. The van der Waals surface area contributed by atoms with Crippen molar-refractivity contribution in [1.82, 2.24) is 19.3 Å². The Kier molecular flexibility index (Phi) is 4.70. The van der Waals surface area contributed by atoms with Crippen molar-refractivity contribution in [3.63, 3.8) is 0 Å². The lowest BCUT2D eigenvalue weighted by molar-refractivity contribution is -0.116. The number of aryl methyl sites for hydroxylation is 4. The van der Waals surface area contributed by atoms with E-state index < -0.39 is 0 Å². The standard InChI is InChI=1S/C19H23N5O/c1-13-11-14(2)24(22-13)10-9-19(25)21-17-5-7-18(8-6-17)23-12-20-15(3)16(23)4/h5-8,11-12H,9-10H2,1-4H3,(H,21,25). The summed E-state index contributed by atoms with van der Waals surface area (Å²) in [4.78, 5) is 16.5. The molecule has 0 aliphatic carbocycles. The van der Waals surface area contributed by atoms with Gasteiger partial charge in [-0.25, -0.2) is 4.98 Å². The number of nitrogens with one attached hydrogen (secondary N) is 1. The van der Waals surface area contributed by atoms with Gasteiger partial charge in [-0.1, -0.05) is 0 Å². The highest BCUT2D eigenvalue weighted by Gasteiger charge is 2.07. The fraction of sp³-hybridized carbons (Fsp3) is 0.316. The van der Waals surface area contributed by atoms with Crippen molar-refractivity contribution in [3.8, 4) is 5.69 Å². The Morgan fingerprint density at radius 1 is 1.12 bits per heavy atom. The molecule has 0 aliphatic rings. The number of rotatable bonds is 5. The molecule has 3 aromatic rings. The summed E-state index contributed by atoms with van der Waals surface area (Å²) in [5.74, 6) is -0.0186. The first-order chi connectivity index (χ1) is 11.9. The summed E-state index contributed by atoms with van der Waals surface area (Å²) in [6, 6.07) is 9.78. The number of aromatic nitrogens is 4. The van der Waals surface area contributed by atoms with E-state index in [0.29, 0.717) is 13.0 Å². The number of hydrogen-bond donors (Lipinski definition) is 1. The van der Waals surface area contributed by atoms with Gasteiger partial charge in [-0.05, 0) is 58.0 Å². The Morgan fingerprint density at radius 2 is 1.84 bits per heavy atom. The molecule has 2 heterocycles. The van der Waals surface area contributed by atoms with E-state index >= 15 is 0 Å². The minimum atomic E-state index is -0.0186. The Bertz CT molecular complexity index is 889. The van der Waals surface area contributed by atoms with Crippen LogP contribution in [0.3, 0.4) is 0 Å². The van der Waals surface area contributed by atoms with Gasteiger partial charge in [0.2, 0.25) is 5.91 Å². The summed E-state index contributed by atoms with van der Waals surface area (Å²) in [6.45, 7) is 8.56. The van der Waals surface area contributed by atoms with Crippen molar-refractivity contribution in [1.29, 1.82) is 0 Å². The first-order valence-corrected chi connectivity index (χ1v) is 8.36. The van der Waals surface area contributed by atoms with Gasteiger partial charge in [-0.2, -0.15) is 5.10 Å². The summed E-state index contributed by atoms with van der Waals surface area (Å²) < 4.78 is 3.89. The fourth-order valence-corrected chi connectivity index (χ4v) is 2.80. The second-order valence-corrected chi connectivity index (χ2v) is 6.28. The maximum absolute atomic E-state index is 12.1. The average Bonchev–Trinajstić information content (AvgIpc) is 3.08. The zero-order chi connectivity index (χ0) is 18.0. The highest BCUT2D eigenvalue weighted by Crippen LogP contribution is 2.17. The van der Waals surface area contributed by atoms with Crippen LogP contribution in [0.4, 0.5) is 5.69 Å². The van der Waals surface area contributed by atoms with Gasteiger partial charge in [0.05, 0.1) is 17.7 Å². The van der Waals surface area contributed by atoms with Crippen molar-refractivity contribution in [2.24, 2.45) is 0 Å². The molecule has 1 amide bonds. The summed E-state index contributed by atoms with van der Waals surface area (Å²) >= 11 is 0. The van der Waals surface area contributed by atoms with Crippen molar-refractivity contribution in [3.05, 3.63) is 59.4 Å². The van der Waals surface area contributed by atoms with Gasteiger partial charge in [0, 0.05) is 35.7 Å². The molecule has 0 unspecified atom stereocenters. The van der Waals surface area contributed by atoms with Gasteiger partial charge in [0.25, 0.3) is 0 Å². The van der Waals surface area contributed by atoms with Gasteiger partial charge >= 0.3 is 0 Å². The lowest BCUT2D eigenvalue weighted by atomic mass is 10.2. The highest BCUT2D eigenvalue weighted by molar-refractivity contribution is 5.90. The van der Waals surface area contributed by atoms with Crippen LogP contribution in [0, 0.1) is 27.7 Å². The number of anilines is 1. The number of carbonyl (C=O) groups is 1. The Hall–Kier alpha value is -2.89. The lowest BCUT2D eigenvalue weighted by Gasteiger charge is -2.09. The van der Waals surface area contributed by atoms with Gasteiger partial charge in [0.1, 0.15) is 0 Å². The summed E-state index contributed by atoms with van der Waals surface area (Å²) in [6.07, 6.45) is 2.20. The maximum atomic E-state index is 12.1. The van der Waals surface area contributed by atoms with Gasteiger partial charge < -0.3 is 9.88 Å². The number of carbonyl (C=O) groups excluding carboxylic acids is 1. The van der Waals surface area contributed by atoms with E-state index in [4.69, 9.17) is 0 Å². The van der Waals surface area contributed by atoms with Crippen LogP contribution in [0.5, 0.6) is 0 Å². The first kappa shape index (κ1) is 17.0. The van der Waals surface area contributed by atoms with Crippen molar-refractivity contribution in [2.75, 3.05) is 5.32 Å². The Morgan fingerprint density at radius 3 is 2.40 bits per heavy atom. The van der Waals surface area contributed by atoms with E-state index in [1.54, 1.807) is 0 Å². The summed E-state index contributed by atoms with van der Waals surface area (Å²) in [5.41, 5.74) is 5.98. The van der Waals surface area contributed by atoms with Crippen LogP contribution in [0.2, 0.25) is 0 Å². The fourth-order valence-electron chi connectivity index (χ4n) is 2.80. The number of amides is 1. The predicted octanol–water partition coefficient (Wildman–Crippen LogP) is 3.33. The Labute approximate surface area is 147 Å². The average molecular weight is 337 g/mol. The normalized spacial score (nSPS) is 10.9. The predicted molar refractivity (Wildman–Crippen MR) is 98.0 cm³/mol. The molecule has 0 saturated carbocycles. The molecule has 1 aromatic carbocycles. The third kappa shape index (κ3) is 3.79. The minimum Gasteiger partial charge on any atom is -0.326 e. The monoisotopic (exact) mass is 337 g/mol. The van der Waals surface area contributed by atoms with E-state index in [9.17, 15) is 4.79 Å². The zero-order valence-electron chi connectivity index (χ0n) is 15.1. The third-order valence-corrected chi connectivity index (χ3v) is 4.34. The molecule has 0 aliphatic heterocycles. The van der Waals surface area contributed by atoms with Crippen molar-refractivity contribution < 1.29 is 4.79 Å². The second-order valence-electron chi connectivity index (χ2n) is 6.28. The second kappa shape index (κ2) is 6.93. The van der Waals surface area contributed by atoms with Crippen LogP contribution in [0.1, 0.15) is 29.2 Å². The van der Waals surface area contributed by atoms with E-state index in [-0.39, 0.29) is 5.91 Å². The molecule has 0 saturated heterocycles. The molecule has 6 heteroatoms. The molecular formula is C19H23N5O. The van der Waals surface area contributed by atoms with Crippen molar-refractivity contribution >= 4 is 11.6 Å². The summed E-state index contributed by atoms with van der Waals surface area (Å²) in [5, 5.41) is 7.30. The quantitative estimate of drug-likeness (QED) is 0.776. The van der Waals surface area contributed by atoms with E-state index in [2.05, 4.69) is 15.4 Å². The van der Waals surface area contributed by atoms with E-state index in [1.807, 2.05) is 73.6 Å². The van der Waals surface area contributed by atoms with Crippen LogP contribution >= 0.6 is 0 Å². The Balaban J connectivity index is 1.60. The molecule has 2 aromatic heterocycles. The topological polar surface area (TPSA) is 64.7 Å². The van der Waals surface area contributed by atoms with Crippen molar-refractivity contribution in [2.45, 2.75) is 40.7 Å². The van der Waals surface area contributed by atoms with E-state index in [1.165, 1.54) is 0 Å². The highest BCUT2D eigenvalue weighted by atomic mass is 16.1. The van der Waals surface area contributed by atoms with Crippen LogP contribution in [0.25, 0.3) is 5.69 Å². The third-order valence-electron chi connectivity index (χ3n) is 4.34. The zero-order valence-corrected chi connectivity index (χ0v) is 15.1. The SMILES string of the molecule is Cc1cc(C)n(CCC(=O)Nc2ccc(-n3cnc(C)c3C)cc2)n1. The lowest BCUT2D eigenvalue weighted by Crippen LogP contribution is -2.15. The van der Waals surface area contributed by atoms with Crippen LogP contribution < -0.4 is 5.32 Å². The molecule has 3 rings (SSSR count). The maximum Gasteiger partial charge on any atom is 0.226 e. The van der Waals surface area contributed by atoms with E-state index in [0.717, 1.165) is 34.2 Å². The molecule has 0 radical (unpaired) electrons. The molecular weight excluding hydrogens is 314 g/mol. The molecule has 0 spiro atoms. The molecule has 0 atom stereocenters. The molecule has 6 nitrogen and oxygen atoms in total. The number of imidazole rings is 1.